The van der Waals surface area contributed by atoms with Crippen LogP contribution in [0.1, 0.15) is 17.5 Å². The lowest BCUT2D eigenvalue weighted by Crippen LogP contribution is -2.53. The van der Waals surface area contributed by atoms with E-state index in [2.05, 4.69) is 10.6 Å². The Morgan fingerprint density at radius 2 is 1.87 bits per heavy atom. The molecule has 0 aliphatic carbocycles. The van der Waals surface area contributed by atoms with Crippen LogP contribution in [0.25, 0.3) is 0 Å². The van der Waals surface area contributed by atoms with Crippen molar-refractivity contribution in [2.45, 2.75) is 31.2 Å². The third-order valence-corrected chi connectivity index (χ3v) is 7.19. The van der Waals surface area contributed by atoms with E-state index in [1.54, 1.807) is 38.1 Å². The molecular formula is C20H21ClN4O5S. The molecule has 0 saturated heterocycles. The average Bonchev–Trinajstić information content (AvgIpc) is 2.69. The number of hydrogen-bond donors (Lipinski definition) is 3. The molecule has 0 bridgehead atoms. The minimum atomic E-state index is -4.26. The van der Waals surface area contributed by atoms with Crippen molar-refractivity contribution in [2.75, 3.05) is 16.2 Å². The first-order valence-corrected chi connectivity index (χ1v) is 11.1. The summed E-state index contributed by atoms with van der Waals surface area (Å²) in [7, 11) is -4.26. The lowest BCUT2D eigenvalue weighted by atomic mass is 10.1. The van der Waals surface area contributed by atoms with E-state index in [1.165, 1.54) is 12.1 Å². The van der Waals surface area contributed by atoms with Gasteiger partial charge in [0.25, 0.3) is 10.0 Å². The van der Waals surface area contributed by atoms with Crippen LogP contribution in [0.2, 0.25) is 5.02 Å². The van der Waals surface area contributed by atoms with Gasteiger partial charge in [-0.25, -0.2) is 8.42 Å². The summed E-state index contributed by atoms with van der Waals surface area (Å²) in [5.74, 6) is -2.12. The summed E-state index contributed by atoms with van der Waals surface area (Å²) in [4.78, 5) is 36.0. The normalized spacial score (nSPS) is 15.8. The number of nitrogens with two attached hydrogens (primary N) is 1. The second-order valence-corrected chi connectivity index (χ2v) is 9.33. The molecule has 2 aromatic rings. The topological polar surface area (TPSA) is 139 Å². The number of nitrogens with zero attached hydrogens (tertiary/aromatic N) is 1. The van der Waals surface area contributed by atoms with Gasteiger partial charge in [0.15, 0.2) is 0 Å². The lowest BCUT2D eigenvalue weighted by molar-refractivity contribution is -0.126. The number of nitrogens with one attached hydrogen (secondary N) is 2. The Balaban J connectivity index is 2.11. The molecular weight excluding hydrogens is 444 g/mol. The summed E-state index contributed by atoms with van der Waals surface area (Å²) in [6.07, 6.45) is -0.502. The zero-order valence-electron chi connectivity index (χ0n) is 16.8. The van der Waals surface area contributed by atoms with Crippen molar-refractivity contribution in [2.24, 2.45) is 5.73 Å². The van der Waals surface area contributed by atoms with E-state index in [4.69, 9.17) is 17.3 Å². The van der Waals surface area contributed by atoms with Crippen molar-refractivity contribution in [1.29, 1.82) is 0 Å². The predicted octanol–water partition coefficient (Wildman–Crippen LogP) is 1.46. The zero-order valence-corrected chi connectivity index (χ0v) is 18.4. The van der Waals surface area contributed by atoms with Gasteiger partial charge in [-0.05, 0) is 49.2 Å². The number of fused-ring (bicyclic) bond motifs is 1. The fourth-order valence-electron chi connectivity index (χ4n) is 3.31. The molecule has 11 heteroatoms. The number of carbonyl (C=O) groups excluding carboxylic acids is 3. The second-order valence-electron chi connectivity index (χ2n) is 7.14. The van der Waals surface area contributed by atoms with Crippen LogP contribution < -0.4 is 20.7 Å². The molecule has 31 heavy (non-hydrogen) atoms. The van der Waals surface area contributed by atoms with E-state index in [0.29, 0.717) is 21.8 Å². The average molecular weight is 465 g/mol. The Hall–Kier alpha value is -3.11. The van der Waals surface area contributed by atoms with Gasteiger partial charge >= 0.3 is 0 Å². The highest BCUT2D eigenvalue weighted by Gasteiger charge is 2.42. The van der Waals surface area contributed by atoms with Crippen LogP contribution in [-0.2, 0) is 24.4 Å². The van der Waals surface area contributed by atoms with Gasteiger partial charge in [0.05, 0.1) is 29.2 Å². The summed E-state index contributed by atoms with van der Waals surface area (Å²) >= 11 is 6.12. The summed E-state index contributed by atoms with van der Waals surface area (Å²) < 4.78 is 28.4. The van der Waals surface area contributed by atoms with Crippen molar-refractivity contribution in [3.05, 3.63) is 52.5 Å². The van der Waals surface area contributed by atoms with E-state index in [0.717, 1.165) is 4.31 Å². The smallest absolute Gasteiger partial charge is 0.265 e. The first-order valence-electron chi connectivity index (χ1n) is 9.28. The minimum absolute atomic E-state index is 0.0264. The molecule has 1 atom stereocenters. The van der Waals surface area contributed by atoms with Crippen LogP contribution >= 0.6 is 11.6 Å². The van der Waals surface area contributed by atoms with E-state index in [1.807, 2.05) is 0 Å². The number of primary amides is 1. The molecule has 3 rings (SSSR count). The minimum Gasteiger partial charge on any atom is -0.368 e. The molecule has 164 valence electrons. The van der Waals surface area contributed by atoms with Crippen molar-refractivity contribution in [3.63, 3.8) is 0 Å². The number of carbonyl (C=O) groups is 3. The van der Waals surface area contributed by atoms with Gasteiger partial charge < -0.3 is 16.4 Å². The van der Waals surface area contributed by atoms with Crippen LogP contribution in [0.5, 0.6) is 0 Å². The summed E-state index contributed by atoms with van der Waals surface area (Å²) in [6.45, 7) is 2.85. The maximum atomic E-state index is 13.7. The number of anilines is 2. The van der Waals surface area contributed by atoms with Crippen molar-refractivity contribution in [3.8, 4) is 0 Å². The van der Waals surface area contributed by atoms with E-state index >= 15 is 0 Å². The van der Waals surface area contributed by atoms with Gasteiger partial charge in [0.1, 0.15) is 6.04 Å². The van der Waals surface area contributed by atoms with Gasteiger partial charge in [0.2, 0.25) is 17.7 Å². The summed E-state index contributed by atoms with van der Waals surface area (Å²) in [5, 5.41) is 5.32. The van der Waals surface area contributed by atoms with E-state index in [-0.39, 0.29) is 10.6 Å². The van der Waals surface area contributed by atoms with Crippen LogP contribution in [-0.4, -0.2) is 38.7 Å². The van der Waals surface area contributed by atoms with Crippen LogP contribution in [0.4, 0.5) is 11.4 Å². The van der Waals surface area contributed by atoms with Gasteiger partial charge in [-0.1, -0.05) is 23.7 Å². The first-order chi connectivity index (χ1) is 14.5. The van der Waals surface area contributed by atoms with Crippen LogP contribution in [0, 0.1) is 13.8 Å². The molecule has 0 fully saturated rings. The number of sulfonamides is 1. The predicted molar refractivity (Wildman–Crippen MR) is 116 cm³/mol. The Morgan fingerprint density at radius 1 is 1.19 bits per heavy atom. The third kappa shape index (κ3) is 4.49. The summed E-state index contributed by atoms with van der Waals surface area (Å²) in [5.41, 5.74) is 6.50. The molecule has 1 aliphatic heterocycles. The Labute approximate surface area is 184 Å². The highest BCUT2D eigenvalue weighted by Crippen LogP contribution is 2.38. The number of para-hydroxylation sites is 2. The highest BCUT2D eigenvalue weighted by molar-refractivity contribution is 7.93. The molecule has 0 unspecified atom stereocenters. The maximum absolute atomic E-state index is 13.7. The van der Waals surface area contributed by atoms with Gasteiger partial charge in [-0.3, -0.25) is 18.7 Å². The Bertz CT molecular complexity index is 1180. The van der Waals surface area contributed by atoms with Gasteiger partial charge in [-0.15, -0.1) is 0 Å². The fraction of sp³-hybridized carbons (Fsp3) is 0.250. The van der Waals surface area contributed by atoms with Crippen molar-refractivity contribution >= 4 is 50.7 Å². The molecule has 4 N–H and O–H groups in total. The van der Waals surface area contributed by atoms with Crippen molar-refractivity contribution in [1.82, 2.24) is 5.32 Å². The number of aryl methyl sites for hydroxylation is 2. The number of halogens is 1. The Morgan fingerprint density at radius 3 is 2.55 bits per heavy atom. The van der Waals surface area contributed by atoms with E-state index in [9.17, 15) is 22.8 Å². The highest BCUT2D eigenvalue weighted by atomic mass is 35.5. The zero-order chi connectivity index (χ0) is 22.9. The molecule has 0 radical (unpaired) electrons. The largest absolute Gasteiger partial charge is 0.368 e. The third-order valence-electron chi connectivity index (χ3n) is 4.82. The van der Waals surface area contributed by atoms with Crippen LogP contribution in [0.3, 0.4) is 0 Å². The lowest BCUT2D eigenvalue weighted by Gasteiger charge is -2.37. The molecule has 1 aliphatic rings. The van der Waals surface area contributed by atoms with E-state index < -0.39 is 46.8 Å². The Kier molecular flexibility index (Phi) is 6.23. The monoisotopic (exact) mass is 464 g/mol. The number of amides is 3. The number of hydrogen-bond acceptors (Lipinski definition) is 5. The molecule has 0 aromatic heterocycles. The summed E-state index contributed by atoms with van der Waals surface area (Å²) in [6, 6.07) is 7.99. The fourth-order valence-corrected chi connectivity index (χ4v) is 5.45. The molecule has 1 heterocycles. The van der Waals surface area contributed by atoms with Gasteiger partial charge in [0, 0.05) is 5.02 Å². The van der Waals surface area contributed by atoms with Gasteiger partial charge in [-0.2, -0.15) is 0 Å². The van der Waals surface area contributed by atoms with Crippen LogP contribution in [0.15, 0.2) is 41.3 Å². The SMILES string of the molecule is Cc1cc(S(=O)(=O)N2c3ccccc3NC(=O)[C@H]2CC(=O)NCC(N)=O)c(C)cc1Cl. The maximum Gasteiger partial charge on any atom is 0.265 e. The standard InChI is InChI=1S/C20H21ClN4O5S/c1-11-8-17(12(2)7-13(11)21)31(29,30)25-15-6-4-3-5-14(15)24-20(28)16(25)9-19(27)23-10-18(22)26/h3-8,16H,9-10H2,1-2H3,(H2,22,26)(H,23,27)(H,24,28)/t16-/m1/s1. The molecule has 0 saturated carbocycles. The molecule has 2 aromatic carbocycles. The van der Waals surface area contributed by atoms with Crippen molar-refractivity contribution < 1.29 is 22.8 Å². The second kappa shape index (κ2) is 8.56. The number of benzene rings is 2. The quantitative estimate of drug-likeness (QED) is 0.594. The number of rotatable bonds is 6. The molecule has 9 nitrogen and oxygen atoms in total. The molecule has 3 amide bonds. The molecule has 0 spiro atoms. The first kappa shape index (κ1) is 22.6.